The van der Waals surface area contributed by atoms with Gasteiger partial charge in [-0.1, -0.05) is 0 Å². The molecule has 0 atom stereocenters. The first-order chi connectivity index (χ1) is 6.25. The molecular weight excluding hydrogens is 166 g/mol. The number of ketones is 1. The second kappa shape index (κ2) is 3.30. The Hall–Kier alpha value is -1.16. The third kappa shape index (κ3) is 1.78. The number of carbonyl (C=O) groups excluding carboxylic acids is 1. The molecule has 0 saturated carbocycles. The van der Waals surface area contributed by atoms with E-state index in [0.717, 1.165) is 13.1 Å². The fraction of sp³-hybridized carbons (Fsp3) is 0.556. The van der Waals surface area contributed by atoms with Crippen LogP contribution in [0.4, 0.5) is 0 Å². The van der Waals surface area contributed by atoms with Crippen LogP contribution in [0.15, 0.2) is 12.5 Å². The quantitative estimate of drug-likeness (QED) is 0.675. The van der Waals surface area contributed by atoms with Crippen molar-refractivity contribution in [1.82, 2.24) is 14.9 Å². The van der Waals surface area contributed by atoms with Crippen LogP contribution in [0, 0.1) is 5.92 Å². The predicted molar refractivity (Wildman–Crippen MR) is 48.5 cm³/mol. The summed E-state index contributed by atoms with van der Waals surface area (Å²) >= 11 is 0. The van der Waals surface area contributed by atoms with Crippen molar-refractivity contribution in [2.45, 2.75) is 6.42 Å². The number of rotatable bonds is 3. The topological polar surface area (TPSA) is 46.9 Å². The zero-order valence-corrected chi connectivity index (χ0v) is 7.66. The number of Topliss-reactive ketones (excluding diaryl/α,β-unsaturated/α-hetero) is 1. The van der Waals surface area contributed by atoms with E-state index in [1.807, 2.05) is 7.05 Å². The van der Waals surface area contributed by atoms with Gasteiger partial charge >= 0.3 is 0 Å². The van der Waals surface area contributed by atoms with Crippen molar-refractivity contribution in [3.8, 4) is 0 Å². The predicted octanol–water partition coefficient (Wildman–Crippen LogP) is 0.212. The SMILES string of the molecule is Cn1cnc(C(=O)CC2CNC2)c1. The lowest BCUT2D eigenvalue weighted by Crippen LogP contribution is -2.42. The Morgan fingerprint density at radius 3 is 3.00 bits per heavy atom. The van der Waals surface area contributed by atoms with Crippen molar-refractivity contribution in [3.05, 3.63) is 18.2 Å². The molecule has 13 heavy (non-hydrogen) atoms. The Labute approximate surface area is 77.0 Å². The number of aryl methyl sites for hydroxylation is 1. The number of imidazole rings is 1. The highest BCUT2D eigenvalue weighted by molar-refractivity contribution is 5.94. The van der Waals surface area contributed by atoms with E-state index < -0.39 is 0 Å². The summed E-state index contributed by atoms with van der Waals surface area (Å²) in [6.45, 7) is 1.94. The molecular formula is C9H13N3O. The minimum atomic E-state index is 0.159. The number of carbonyl (C=O) groups is 1. The van der Waals surface area contributed by atoms with Crippen molar-refractivity contribution in [3.63, 3.8) is 0 Å². The summed E-state index contributed by atoms with van der Waals surface area (Å²) < 4.78 is 1.80. The average Bonchev–Trinajstić information content (AvgIpc) is 2.44. The fourth-order valence-corrected chi connectivity index (χ4v) is 1.42. The minimum absolute atomic E-state index is 0.159. The van der Waals surface area contributed by atoms with Gasteiger partial charge in [-0.15, -0.1) is 0 Å². The Bertz CT molecular complexity index is 314. The van der Waals surface area contributed by atoms with Gasteiger partial charge in [0.1, 0.15) is 5.69 Å². The Morgan fingerprint density at radius 2 is 2.54 bits per heavy atom. The lowest BCUT2D eigenvalue weighted by Gasteiger charge is -2.25. The van der Waals surface area contributed by atoms with Gasteiger partial charge in [-0.05, 0) is 19.0 Å². The second-order valence-corrected chi connectivity index (χ2v) is 3.58. The summed E-state index contributed by atoms with van der Waals surface area (Å²) in [6, 6.07) is 0. The van der Waals surface area contributed by atoms with E-state index in [1.54, 1.807) is 17.1 Å². The maximum absolute atomic E-state index is 11.6. The van der Waals surface area contributed by atoms with Crippen LogP contribution in [0.5, 0.6) is 0 Å². The fourth-order valence-electron chi connectivity index (χ4n) is 1.42. The molecule has 0 aromatic carbocycles. The Kier molecular flexibility index (Phi) is 2.14. The third-order valence-electron chi connectivity index (χ3n) is 2.33. The van der Waals surface area contributed by atoms with Crippen molar-refractivity contribution in [2.24, 2.45) is 13.0 Å². The second-order valence-electron chi connectivity index (χ2n) is 3.58. The molecule has 2 rings (SSSR count). The molecule has 4 nitrogen and oxygen atoms in total. The summed E-state index contributed by atoms with van der Waals surface area (Å²) in [4.78, 5) is 15.6. The number of nitrogens with one attached hydrogen (secondary N) is 1. The van der Waals surface area contributed by atoms with E-state index in [2.05, 4.69) is 10.3 Å². The third-order valence-corrected chi connectivity index (χ3v) is 2.33. The van der Waals surface area contributed by atoms with Gasteiger partial charge in [-0.25, -0.2) is 4.98 Å². The van der Waals surface area contributed by atoms with Gasteiger partial charge in [-0.3, -0.25) is 4.79 Å². The van der Waals surface area contributed by atoms with Gasteiger partial charge in [0.25, 0.3) is 0 Å². The molecule has 1 aromatic heterocycles. The van der Waals surface area contributed by atoms with E-state index in [9.17, 15) is 4.79 Å². The van der Waals surface area contributed by atoms with Crippen molar-refractivity contribution in [1.29, 1.82) is 0 Å². The molecule has 1 fully saturated rings. The van der Waals surface area contributed by atoms with Crippen LogP contribution in [0.2, 0.25) is 0 Å². The van der Waals surface area contributed by atoms with Gasteiger partial charge in [0.15, 0.2) is 5.78 Å². The van der Waals surface area contributed by atoms with Gasteiger partial charge in [0, 0.05) is 19.7 Å². The van der Waals surface area contributed by atoms with E-state index in [1.165, 1.54) is 0 Å². The molecule has 4 heteroatoms. The minimum Gasteiger partial charge on any atom is -0.340 e. The first-order valence-electron chi connectivity index (χ1n) is 4.47. The smallest absolute Gasteiger partial charge is 0.183 e. The Morgan fingerprint density at radius 1 is 1.77 bits per heavy atom. The van der Waals surface area contributed by atoms with Gasteiger partial charge < -0.3 is 9.88 Å². The molecule has 1 aliphatic rings. The normalized spacial score (nSPS) is 17.0. The maximum atomic E-state index is 11.6. The number of aromatic nitrogens is 2. The Balaban J connectivity index is 1.96. The van der Waals surface area contributed by atoms with Gasteiger partial charge in [-0.2, -0.15) is 0 Å². The average molecular weight is 179 g/mol. The molecule has 0 bridgehead atoms. The van der Waals surface area contributed by atoms with Crippen LogP contribution >= 0.6 is 0 Å². The highest BCUT2D eigenvalue weighted by Crippen LogP contribution is 2.11. The van der Waals surface area contributed by atoms with Crippen molar-refractivity contribution < 1.29 is 4.79 Å². The molecule has 70 valence electrons. The van der Waals surface area contributed by atoms with Gasteiger partial charge in [0.05, 0.1) is 6.33 Å². The van der Waals surface area contributed by atoms with E-state index in [-0.39, 0.29) is 5.78 Å². The van der Waals surface area contributed by atoms with Crippen LogP contribution in [0.1, 0.15) is 16.9 Å². The standard InChI is InChI=1S/C9H13N3O/c1-12-5-8(11-6-12)9(13)2-7-3-10-4-7/h5-7,10H,2-4H2,1H3. The highest BCUT2D eigenvalue weighted by atomic mass is 16.1. The number of nitrogens with zero attached hydrogens (tertiary/aromatic N) is 2. The number of hydrogen-bond donors (Lipinski definition) is 1. The zero-order chi connectivity index (χ0) is 9.26. The molecule has 1 aromatic rings. The first kappa shape index (κ1) is 8.44. The molecule has 1 saturated heterocycles. The summed E-state index contributed by atoms with van der Waals surface area (Å²) in [6.07, 6.45) is 4.06. The first-order valence-corrected chi connectivity index (χ1v) is 4.47. The lowest BCUT2D eigenvalue weighted by molar-refractivity contribution is 0.0941. The van der Waals surface area contributed by atoms with Crippen LogP contribution in [-0.4, -0.2) is 28.4 Å². The van der Waals surface area contributed by atoms with Gasteiger partial charge in [0.2, 0.25) is 0 Å². The maximum Gasteiger partial charge on any atom is 0.183 e. The molecule has 1 N–H and O–H groups in total. The molecule has 0 radical (unpaired) electrons. The summed E-state index contributed by atoms with van der Waals surface area (Å²) in [5.41, 5.74) is 0.592. The molecule has 0 spiro atoms. The monoisotopic (exact) mass is 179 g/mol. The van der Waals surface area contributed by atoms with Crippen molar-refractivity contribution in [2.75, 3.05) is 13.1 Å². The van der Waals surface area contributed by atoms with Crippen LogP contribution in [0.3, 0.4) is 0 Å². The summed E-state index contributed by atoms with van der Waals surface area (Å²) in [7, 11) is 1.87. The van der Waals surface area contributed by atoms with E-state index in [4.69, 9.17) is 0 Å². The summed E-state index contributed by atoms with van der Waals surface area (Å²) in [5, 5.41) is 3.15. The highest BCUT2D eigenvalue weighted by Gasteiger charge is 2.21. The van der Waals surface area contributed by atoms with Crippen molar-refractivity contribution >= 4 is 5.78 Å². The zero-order valence-electron chi connectivity index (χ0n) is 7.66. The van der Waals surface area contributed by atoms with E-state index in [0.29, 0.717) is 18.0 Å². The van der Waals surface area contributed by atoms with E-state index >= 15 is 0 Å². The van der Waals surface area contributed by atoms with Crippen LogP contribution < -0.4 is 5.32 Å². The number of hydrogen-bond acceptors (Lipinski definition) is 3. The molecule has 0 amide bonds. The van der Waals surface area contributed by atoms with Crippen LogP contribution in [0.25, 0.3) is 0 Å². The largest absolute Gasteiger partial charge is 0.340 e. The lowest BCUT2D eigenvalue weighted by atomic mass is 9.96. The molecule has 1 aliphatic heterocycles. The summed E-state index contributed by atoms with van der Waals surface area (Å²) in [5.74, 6) is 0.682. The molecule has 2 heterocycles. The van der Waals surface area contributed by atoms with Crippen LogP contribution in [-0.2, 0) is 7.05 Å². The molecule has 0 unspecified atom stereocenters. The molecule has 0 aliphatic carbocycles.